The molecule has 0 unspecified atom stereocenters. The summed E-state index contributed by atoms with van der Waals surface area (Å²) in [4.78, 5) is 25.9. The maximum absolute atomic E-state index is 13.3. The molecule has 2 saturated heterocycles. The fraction of sp³-hybridized carbons (Fsp3) is 0.346. The molecule has 4 heterocycles. The molecule has 0 atom stereocenters. The highest BCUT2D eigenvalue weighted by Gasteiger charge is 2.28. The molecule has 2 aromatic carbocycles. The van der Waals surface area contributed by atoms with Crippen LogP contribution in [-0.2, 0) is 10.0 Å². The molecule has 6 rings (SSSR count). The number of hydrogen-bond acceptors (Lipinski definition) is 8. The van der Waals surface area contributed by atoms with Gasteiger partial charge in [0.2, 0.25) is 10.0 Å². The predicted molar refractivity (Wildman–Crippen MR) is 142 cm³/mol. The van der Waals surface area contributed by atoms with Gasteiger partial charge in [-0.3, -0.25) is 4.79 Å². The van der Waals surface area contributed by atoms with Gasteiger partial charge < -0.3 is 9.80 Å². The second-order valence-corrected chi connectivity index (χ2v) is 11.6. The van der Waals surface area contributed by atoms with Crippen molar-refractivity contribution in [2.45, 2.75) is 24.2 Å². The van der Waals surface area contributed by atoms with E-state index in [9.17, 15) is 17.6 Å². The number of hydrogen-bond donors (Lipinski definition) is 0. The lowest BCUT2D eigenvalue weighted by Gasteiger charge is -2.35. The zero-order valence-electron chi connectivity index (χ0n) is 21.1. The first kappa shape index (κ1) is 25.3. The van der Waals surface area contributed by atoms with Crippen molar-refractivity contribution in [1.29, 1.82) is 0 Å². The van der Waals surface area contributed by atoms with Gasteiger partial charge in [-0.15, -0.1) is 5.10 Å². The van der Waals surface area contributed by atoms with Crippen LogP contribution in [0.15, 0.2) is 59.8 Å². The summed E-state index contributed by atoms with van der Waals surface area (Å²) in [5.41, 5.74) is 2.11. The van der Waals surface area contributed by atoms with E-state index in [1.54, 1.807) is 29.2 Å². The molecular formula is C26H27FN8O3S. The van der Waals surface area contributed by atoms with Crippen molar-refractivity contribution in [3.05, 3.63) is 66.2 Å². The van der Waals surface area contributed by atoms with Gasteiger partial charge in [-0.1, -0.05) is 11.6 Å². The summed E-state index contributed by atoms with van der Waals surface area (Å²) in [7, 11) is -3.54. The number of rotatable bonds is 5. The summed E-state index contributed by atoms with van der Waals surface area (Å²) in [6.45, 7) is 3.06. The highest BCUT2D eigenvalue weighted by molar-refractivity contribution is 7.89. The van der Waals surface area contributed by atoms with Crippen LogP contribution in [-0.4, -0.2) is 87.8 Å². The van der Waals surface area contributed by atoms with Gasteiger partial charge in [0.1, 0.15) is 12.1 Å². The summed E-state index contributed by atoms with van der Waals surface area (Å²) in [6.07, 6.45) is 4.23. The monoisotopic (exact) mass is 550 g/mol. The quantitative estimate of drug-likeness (QED) is 0.372. The number of aromatic nitrogens is 5. The number of carbonyl (C=O) groups excluding carboxylic acids is 1. The maximum atomic E-state index is 13.3. The van der Waals surface area contributed by atoms with Crippen molar-refractivity contribution in [2.24, 2.45) is 0 Å². The molecule has 0 spiro atoms. The average Bonchev–Trinajstić information content (AvgIpc) is 3.42. The number of piperazine rings is 1. The Balaban J connectivity index is 1.14. The van der Waals surface area contributed by atoms with Crippen molar-refractivity contribution < 1.29 is 17.6 Å². The molecule has 39 heavy (non-hydrogen) atoms. The molecule has 0 saturated carbocycles. The van der Waals surface area contributed by atoms with Crippen LogP contribution in [0.5, 0.6) is 0 Å². The average molecular weight is 551 g/mol. The van der Waals surface area contributed by atoms with Crippen LogP contribution in [0.3, 0.4) is 0 Å². The topological polar surface area (TPSA) is 117 Å². The zero-order valence-corrected chi connectivity index (χ0v) is 22.0. The molecule has 2 fully saturated rings. The lowest BCUT2D eigenvalue weighted by Crippen LogP contribution is -2.49. The summed E-state index contributed by atoms with van der Waals surface area (Å²) < 4.78 is 42.2. The van der Waals surface area contributed by atoms with Gasteiger partial charge in [0.15, 0.2) is 17.0 Å². The van der Waals surface area contributed by atoms with Crippen molar-refractivity contribution in [3.8, 4) is 5.69 Å². The van der Waals surface area contributed by atoms with Crippen molar-refractivity contribution >= 4 is 32.9 Å². The minimum Gasteiger partial charge on any atom is -0.351 e. The van der Waals surface area contributed by atoms with Gasteiger partial charge in [-0.2, -0.15) is 8.99 Å². The third kappa shape index (κ3) is 4.83. The number of halogens is 1. The Bertz CT molecular complexity index is 1590. The number of carbonyl (C=O) groups is 1. The Hall–Kier alpha value is -3.97. The Morgan fingerprint density at radius 2 is 1.51 bits per heavy atom. The number of piperidine rings is 1. The van der Waals surface area contributed by atoms with Crippen LogP contribution in [0.25, 0.3) is 16.9 Å². The van der Waals surface area contributed by atoms with Crippen LogP contribution in [0.1, 0.15) is 29.6 Å². The Kier molecular flexibility index (Phi) is 6.69. The molecule has 2 aromatic heterocycles. The van der Waals surface area contributed by atoms with Gasteiger partial charge in [-0.05, 0) is 61.4 Å². The Morgan fingerprint density at radius 3 is 2.21 bits per heavy atom. The van der Waals surface area contributed by atoms with E-state index in [0.717, 1.165) is 19.3 Å². The molecule has 0 radical (unpaired) electrons. The number of anilines is 1. The Morgan fingerprint density at radius 1 is 0.821 bits per heavy atom. The third-order valence-corrected chi connectivity index (χ3v) is 9.12. The molecular weight excluding hydrogens is 523 g/mol. The maximum Gasteiger partial charge on any atom is 0.253 e. The zero-order chi connectivity index (χ0) is 27.0. The fourth-order valence-electron chi connectivity index (χ4n) is 5.05. The van der Waals surface area contributed by atoms with Gasteiger partial charge in [0, 0.05) is 44.8 Å². The number of amides is 1. The van der Waals surface area contributed by atoms with Gasteiger partial charge in [-0.25, -0.2) is 22.8 Å². The van der Waals surface area contributed by atoms with Crippen LogP contribution in [0.4, 0.5) is 10.2 Å². The van der Waals surface area contributed by atoms with E-state index in [1.807, 2.05) is 4.90 Å². The summed E-state index contributed by atoms with van der Waals surface area (Å²) in [6, 6.07) is 12.1. The number of sulfonamides is 1. The van der Waals surface area contributed by atoms with E-state index in [1.165, 1.54) is 39.6 Å². The van der Waals surface area contributed by atoms with Gasteiger partial charge in [0.25, 0.3) is 5.91 Å². The summed E-state index contributed by atoms with van der Waals surface area (Å²) in [5.74, 6) is 0.128. The van der Waals surface area contributed by atoms with Crippen LogP contribution in [0, 0.1) is 5.82 Å². The van der Waals surface area contributed by atoms with E-state index in [4.69, 9.17) is 0 Å². The van der Waals surface area contributed by atoms with Crippen molar-refractivity contribution in [1.82, 2.24) is 34.2 Å². The number of fused-ring (bicyclic) bond motifs is 1. The largest absolute Gasteiger partial charge is 0.351 e. The first-order chi connectivity index (χ1) is 18.9. The van der Waals surface area contributed by atoms with Crippen LogP contribution < -0.4 is 4.90 Å². The molecule has 4 aromatic rings. The molecule has 13 heteroatoms. The molecule has 11 nitrogen and oxygen atoms in total. The second-order valence-electron chi connectivity index (χ2n) is 9.62. The highest BCUT2D eigenvalue weighted by Crippen LogP contribution is 2.25. The SMILES string of the molecule is O=C(c1ccc(S(=O)(=O)N2CCCCC2)cc1)N1CCN(c2ncnc3c2nnn3-c2ccc(F)cc2)CC1. The fourth-order valence-corrected chi connectivity index (χ4v) is 6.57. The molecule has 0 bridgehead atoms. The minimum atomic E-state index is -3.54. The second kappa shape index (κ2) is 10.3. The minimum absolute atomic E-state index is 0.147. The lowest BCUT2D eigenvalue weighted by molar-refractivity contribution is 0.0746. The van der Waals surface area contributed by atoms with E-state index in [2.05, 4.69) is 20.3 Å². The number of nitrogens with zero attached hydrogens (tertiary/aromatic N) is 8. The first-order valence-electron chi connectivity index (χ1n) is 12.9. The standard InChI is InChI=1S/C26H27FN8O3S/c27-20-6-8-21(9-7-20)35-25-23(30-31-35)24(28-18-29-25)32-14-16-33(17-15-32)26(36)19-4-10-22(11-5-19)39(37,38)34-12-2-1-3-13-34/h4-11,18H,1-3,12-17H2. The Labute approximate surface area is 224 Å². The summed E-state index contributed by atoms with van der Waals surface area (Å²) in [5, 5.41) is 8.47. The van der Waals surface area contributed by atoms with Crippen LogP contribution in [0.2, 0.25) is 0 Å². The van der Waals surface area contributed by atoms with Gasteiger partial charge in [0.05, 0.1) is 10.6 Å². The van der Waals surface area contributed by atoms with E-state index < -0.39 is 10.0 Å². The van der Waals surface area contributed by atoms with Gasteiger partial charge >= 0.3 is 0 Å². The molecule has 1 amide bonds. The number of benzene rings is 2. The molecule has 202 valence electrons. The first-order valence-corrected chi connectivity index (χ1v) is 14.3. The lowest BCUT2D eigenvalue weighted by atomic mass is 10.2. The van der Waals surface area contributed by atoms with E-state index in [-0.39, 0.29) is 16.6 Å². The molecule has 2 aliphatic rings. The van der Waals surface area contributed by atoms with Crippen LogP contribution >= 0.6 is 0 Å². The van der Waals surface area contributed by atoms with Crippen molar-refractivity contribution in [3.63, 3.8) is 0 Å². The van der Waals surface area contributed by atoms with Crippen molar-refractivity contribution in [2.75, 3.05) is 44.2 Å². The molecule has 2 aliphatic heterocycles. The predicted octanol–water partition coefficient (Wildman–Crippen LogP) is 2.49. The normalized spacial score (nSPS) is 17.1. The van der Waals surface area contributed by atoms with E-state index in [0.29, 0.717) is 67.5 Å². The summed E-state index contributed by atoms with van der Waals surface area (Å²) >= 11 is 0. The highest BCUT2D eigenvalue weighted by atomic mass is 32.2. The molecule has 0 aliphatic carbocycles. The smallest absolute Gasteiger partial charge is 0.253 e. The molecule has 0 N–H and O–H groups in total. The van der Waals surface area contributed by atoms with E-state index >= 15 is 0 Å². The third-order valence-electron chi connectivity index (χ3n) is 7.21.